The average molecular weight is 485 g/mol. The van der Waals surface area contributed by atoms with Crippen molar-refractivity contribution in [3.63, 3.8) is 0 Å². The van der Waals surface area contributed by atoms with E-state index in [0.717, 1.165) is 10.7 Å². The molecule has 1 aromatic heterocycles. The molecular formula is C19H12Cl2F6N2S. The highest BCUT2D eigenvalue weighted by molar-refractivity contribution is 7.99. The number of thioether (sulfide) groups is 1. The zero-order valence-electron chi connectivity index (χ0n) is 15.1. The first-order valence-corrected chi connectivity index (χ1v) is 10.0. The topological polar surface area (TPSA) is 17.8 Å². The molecule has 0 amide bonds. The van der Waals surface area contributed by atoms with E-state index in [-0.39, 0.29) is 27.0 Å². The van der Waals surface area contributed by atoms with Gasteiger partial charge in [-0.05, 0) is 42.8 Å². The van der Waals surface area contributed by atoms with Crippen LogP contribution >= 0.6 is 35.0 Å². The number of aromatic nitrogens is 2. The SMILES string of the molecule is Cc1ccc(-c2cc(C(F)(F)F)nn2-c2ccc(Cl)cc2Cl)cc1SCC(F)(F)F. The van der Waals surface area contributed by atoms with Gasteiger partial charge in [0, 0.05) is 15.5 Å². The van der Waals surface area contributed by atoms with E-state index in [9.17, 15) is 26.3 Å². The van der Waals surface area contributed by atoms with Gasteiger partial charge in [-0.2, -0.15) is 31.4 Å². The third-order valence-corrected chi connectivity index (χ3v) is 5.77. The number of hydrogen-bond donors (Lipinski definition) is 0. The minimum absolute atomic E-state index is 0.0282. The van der Waals surface area contributed by atoms with Gasteiger partial charge in [0.2, 0.25) is 0 Å². The quantitative estimate of drug-likeness (QED) is 0.277. The Bertz CT molecular complexity index is 1080. The number of halogens is 8. The largest absolute Gasteiger partial charge is 0.435 e. The van der Waals surface area contributed by atoms with Crippen molar-refractivity contribution in [1.29, 1.82) is 0 Å². The lowest BCUT2D eigenvalue weighted by Crippen LogP contribution is -2.10. The molecule has 0 N–H and O–H groups in total. The Morgan fingerprint density at radius 2 is 1.67 bits per heavy atom. The molecule has 3 aromatic rings. The number of benzene rings is 2. The monoisotopic (exact) mass is 484 g/mol. The zero-order chi connectivity index (χ0) is 22.3. The molecule has 0 atom stereocenters. The maximum absolute atomic E-state index is 13.3. The van der Waals surface area contributed by atoms with Crippen molar-refractivity contribution >= 4 is 35.0 Å². The summed E-state index contributed by atoms with van der Waals surface area (Å²) < 4.78 is 78.8. The van der Waals surface area contributed by atoms with Crippen LogP contribution < -0.4 is 0 Å². The number of alkyl halides is 6. The third kappa shape index (κ3) is 5.25. The Morgan fingerprint density at radius 1 is 0.967 bits per heavy atom. The third-order valence-electron chi connectivity index (χ3n) is 4.01. The van der Waals surface area contributed by atoms with Gasteiger partial charge in [-0.15, -0.1) is 11.8 Å². The first-order valence-electron chi connectivity index (χ1n) is 8.28. The van der Waals surface area contributed by atoms with Crippen LogP contribution in [0, 0.1) is 6.92 Å². The summed E-state index contributed by atoms with van der Waals surface area (Å²) in [6.45, 7) is 1.62. The number of rotatable bonds is 4. The van der Waals surface area contributed by atoms with Crippen LogP contribution in [0.1, 0.15) is 11.3 Å². The van der Waals surface area contributed by atoms with Crippen LogP contribution in [0.2, 0.25) is 10.0 Å². The highest BCUT2D eigenvalue weighted by Crippen LogP contribution is 2.37. The predicted octanol–water partition coefficient (Wildman–Crippen LogP) is 7.83. The van der Waals surface area contributed by atoms with Crippen LogP contribution in [0.5, 0.6) is 0 Å². The van der Waals surface area contributed by atoms with E-state index in [1.165, 1.54) is 30.3 Å². The number of nitrogens with zero attached hydrogens (tertiary/aromatic N) is 2. The summed E-state index contributed by atoms with van der Waals surface area (Å²) >= 11 is 12.6. The highest BCUT2D eigenvalue weighted by Gasteiger charge is 2.35. The Hall–Kier alpha value is -1.84. The van der Waals surface area contributed by atoms with E-state index in [2.05, 4.69) is 5.10 Å². The first kappa shape index (κ1) is 22.8. The molecule has 0 saturated carbocycles. The molecule has 2 aromatic carbocycles. The fraction of sp³-hybridized carbons (Fsp3) is 0.211. The normalized spacial score (nSPS) is 12.4. The van der Waals surface area contributed by atoms with Crippen molar-refractivity contribution < 1.29 is 26.3 Å². The lowest BCUT2D eigenvalue weighted by Gasteiger charge is -2.13. The summed E-state index contributed by atoms with van der Waals surface area (Å²) in [7, 11) is 0. The molecule has 0 fully saturated rings. The zero-order valence-corrected chi connectivity index (χ0v) is 17.4. The maximum atomic E-state index is 13.3. The van der Waals surface area contributed by atoms with Crippen LogP contribution in [0.15, 0.2) is 47.4 Å². The van der Waals surface area contributed by atoms with Crippen molar-refractivity contribution in [3.8, 4) is 16.9 Å². The fourth-order valence-corrected chi connectivity index (χ4v) is 3.95. The average Bonchev–Trinajstić information content (AvgIpc) is 3.06. The van der Waals surface area contributed by atoms with Crippen molar-refractivity contribution in [2.45, 2.75) is 24.2 Å². The number of hydrogen-bond acceptors (Lipinski definition) is 2. The van der Waals surface area contributed by atoms with Gasteiger partial charge in [-0.3, -0.25) is 0 Å². The van der Waals surface area contributed by atoms with Crippen molar-refractivity contribution in [1.82, 2.24) is 9.78 Å². The molecule has 0 radical (unpaired) electrons. The van der Waals surface area contributed by atoms with Gasteiger partial charge < -0.3 is 0 Å². The minimum atomic E-state index is -4.72. The molecule has 30 heavy (non-hydrogen) atoms. The predicted molar refractivity (Wildman–Crippen MR) is 106 cm³/mol. The molecule has 0 spiro atoms. The molecular weight excluding hydrogens is 473 g/mol. The van der Waals surface area contributed by atoms with Crippen LogP contribution in [0.25, 0.3) is 16.9 Å². The molecule has 0 aliphatic heterocycles. The van der Waals surface area contributed by atoms with Crippen molar-refractivity contribution in [2.24, 2.45) is 0 Å². The summed E-state index contributed by atoms with van der Waals surface area (Å²) in [6.07, 6.45) is -9.10. The van der Waals surface area contributed by atoms with Gasteiger partial charge in [0.1, 0.15) is 0 Å². The Labute approximate surface area is 181 Å². The van der Waals surface area contributed by atoms with Gasteiger partial charge in [0.25, 0.3) is 0 Å². The van der Waals surface area contributed by atoms with Crippen LogP contribution in [0.3, 0.4) is 0 Å². The Morgan fingerprint density at radius 3 is 2.27 bits per heavy atom. The van der Waals surface area contributed by atoms with Gasteiger partial charge in [0.05, 0.1) is 22.2 Å². The fourth-order valence-electron chi connectivity index (χ4n) is 2.64. The van der Waals surface area contributed by atoms with Gasteiger partial charge in [-0.25, -0.2) is 4.68 Å². The molecule has 1 heterocycles. The second-order valence-electron chi connectivity index (χ2n) is 6.30. The molecule has 0 bridgehead atoms. The Kier molecular flexibility index (Phi) is 6.36. The molecule has 0 saturated heterocycles. The summed E-state index contributed by atoms with van der Waals surface area (Å²) in [5.41, 5.74) is -0.149. The van der Waals surface area contributed by atoms with Gasteiger partial charge in [-0.1, -0.05) is 35.3 Å². The second-order valence-corrected chi connectivity index (χ2v) is 8.17. The van der Waals surface area contributed by atoms with E-state index < -0.39 is 23.8 Å². The standard InChI is InChI=1S/C19H12Cl2F6N2S/c1-10-2-3-11(6-16(10)30-9-18(22,23)24)15-8-17(19(25,26)27)28-29(15)14-5-4-12(20)7-13(14)21/h2-8H,9H2,1H3. The van der Waals surface area contributed by atoms with Crippen molar-refractivity contribution in [2.75, 3.05) is 5.75 Å². The van der Waals surface area contributed by atoms with E-state index in [1.807, 2.05) is 0 Å². The van der Waals surface area contributed by atoms with E-state index in [0.29, 0.717) is 22.2 Å². The van der Waals surface area contributed by atoms with Crippen molar-refractivity contribution in [3.05, 3.63) is 63.8 Å². The lowest BCUT2D eigenvalue weighted by atomic mass is 10.1. The molecule has 2 nitrogen and oxygen atoms in total. The second kappa shape index (κ2) is 8.36. The van der Waals surface area contributed by atoms with E-state index in [4.69, 9.17) is 23.2 Å². The first-order chi connectivity index (χ1) is 13.8. The molecule has 0 aliphatic carbocycles. The summed E-state index contributed by atoms with van der Waals surface area (Å²) in [6, 6.07) is 9.51. The van der Waals surface area contributed by atoms with Crippen LogP contribution in [-0.4, -0.2) is 21.7 Å². The maximum Gasteiger partial charge on any atom is 0.435 e. The lowest BCUT2D eigenvalue weighted by molar-refractivity contribution is -0.141. The Balaban J connectivity index is 2.14. The minimum Gasteiger partial charge on any atom is -0.231 e. The summed E-state index contributed by atoms with van der Waals surface area (Å²) in [5.74, 6) is -1.12. The summed E-state index contributed by atoms with van der Waals surface area (Å²) in [5, 5.41) is 3.99. The molecule has 0 aliphatic rings. The molecule has 160 valence electrons. The van der Waals surface area contributed by atoms with Crippen LogP contribution in [-0.2, 0) is 6.18 Å². The number of aryl methyl sites for hydroxylation is 1. The highest BCUT2D eigenvalue weighted by atomic mass is 35.5. The van der Waals surface area contributed by atoms with E-state index in [1.54, 1.807) is 13.0 Å². The summed E-state index contributed by atoms with van der Waals surface area (Å²) in [4.78, 5) is 0.299. The van der Waals surface area contributed by atoms with Gasteiger partial charge >= 0.3 is 12.4 Å². The van der Waals surface area contributed by atoms with E-state index >= 15 is 0 Å². The van der Waals surface area contributed by atoms with Gasteiger partial charge in [0.15, 0.2) is 5.69 Å². The molecule has 11 heteroatoms. The van der Waals surface area contributed by atoms with Crippen LogP contribution in [0.4, 0.5) is 26.3 Å². The molecule has 3 rings (SSSR count). The molecule has 0 unspecified atom stereocenters. The smallest absolute Gasteiger partial charge is 0.231 e.